The van der Waals surface area contributed by atoms with Crippen molar-refractivity contribution in [3.05, 3.63) is 36.0 Å². The largest absolute Gasteiger partial charge is 0.384 e. The van der Waals surface area contributed by atoms with E-state index in [2.05, 4.69) is 47.7 Å². The van der Waals surface area contributed by atoms with E-state index in [0.717, 1.165) is 18.9 Å². The fourth-order valence-electron chi connectivity index (χ4n) is 6.72. The Morgan fingerprint density at radius 1 is 1.13 bits per heavy atom. The quantitative estimate of drug-likeness (QED) is 0.515. The number of benzene rings is 1. The molecule has 0 spiro atoms. The van der Waals surface area contributed by atoms with Crippen LogP contribution in [0, 0.1) is 16.7 Å². The van der Waals surface area contributed by atoms with Gasteiger partial charge in [-0.25, -0.2) is 0 Å². The minimum atomic E-state index is 0.403. The molecule has 30 heavy (non-hydrogen) atoms. The molecule has 3 saturated carbocycles. The van der Waals surface area contributed by atoms with Gasteiger partial charge in [-0.15, -0.1) is 0 Å². The Morgan fingerprint density at radius 3 is 2.70 bits per heavy atom. The first-order chi connectivity index (χ1) is 14.6. The van der Waals surface area contributed by atoms with Crippen molar-refractivity contribution in [3.8, 4) is 0 Å². The molecule has 1 heterocycles. The summed E-state index contributed by atoms with van der Waals surface area (Å²) in [5.74, 6) is 0.730. The van der Waals surface area contributed by atoms with Crippen LogP contribution < -0.4 is 5.32 Å². The predicted molar refractivity (Wildman–Crippen MR) is 129 cm³/mol. The number of hydrogen-bond donors (Lipinski definition) is 1. The van der Waals surface area contributed by atoms with Crippen LogP contribution in [0.5, 0.6) is 0 Å². The van der Waals surface area contributed by atoms with E-state index in [1.54, 1.807) is 0 Å². The highest BCUT2D eigenvalue weighted by Gasteiger charge is 2.55. The lowest BCUT2D eigenvalue weighted by atomic mass is 9.79. The third-order valence-corrected chi connectivity index (χ3v) is 8.82. The molecule has 160 valence electrons. The lowest BCUT2D eigenvalue weighted by molar-refractivity contribution is 0.312. The summed E-state index contributed by atoms with van der Waals surface area (Å²) >= 11 is 0. The van der Waals surface area contributed by atoms with Crippen LogP contribution in [0.15, 0.2) is 40.5 Å². The Morgan fingerprint density at radius 2 is 1.93 bits per heavy atom. The standard InChI is InChI=1S/C27H37N3/c1-20(28-2)27-13-11-26(18-27,12-14-27)19-30-24-10-6-9-22(15-24)23-16-25(29-17-23)21-7-4-3-5-8-21/h6,9-10,15,17,21,30H,3-5,7-8,11-14,16,18-19H2,1-2H3/b28-20+. The minimum absolute atomic E-state index is 0.403. The first-order valence-corrected chi connectivity index (χ1v) is 12.2. The lowest BCUT2D eigenvalue weighted by Crippen LogP contribution is -2.24. The average Bonchev–Trinajstić information content (AvgIpc) is 3.53. The Labute approximate surface area is 182 Å². The molecule has 1 N–H and O–H groups in total. The molecule has 3 aliphatic carbocycles. The van der Waals surface area contributed by atoms with Crippen LogP contribution in [0.25, 0.3) is 5.57 Å². The second-order valence-electron chi connectivity index (χ2n) is 10.5. The molecule has 0 atom stereocenters. The van der Waals surface area contributed by atoms with Crippen molar-refractivity contribution in [2.24, 2.45) is 26.7 Å². The second-order valence-corrected chi connectivity index (χ2v) is 10.5. The summed E-state index contributed by atoms with van der Waals surface area (Å²) in [7, 11) is 1.97. The predicted octanol–water partition coefficient (Wildman–Crippen LogP) is 6.91. The maximum Gasteiger partial charge on any atom is 0.0346 e. The van der Waals surface area contributed by atoms with Crippen molar-refractivity contribution in [2.45, 2.75) is 77.6 Å². The number of anilines is 1. The van der Waals surface area contributed by atoms with E-state index in [0.29, 0.717) is 10.8 Å². The van der Waals surface area contributed by atoms with Crippen molar-refractivity contribution in [1.82, 2.24) is 0 Å². The van der Waals surface area contributed by atoms with Crippen molar-refractivity contribution >= 4 is 22.7 Å². The van der Waals surface area contributed by atoms with Crippen LogP contribution in [-0.2, 0) is 0 Å². The summed E-state index contributed by atoms with van der Waals surface area (Å²) in [6.45, 7) is 3.34. The maximum atomic E-state index is 4.84. The van der Waals surface area contributed by atoms with E-state index in [1.165, 1.54) is 92.5 Å². The van der Waals surface area contributed by atoms with Gasteiger partial charge in [0.05, 0.1) is 0 Å². The highest BCUT2D eigenvalue weighted by Crippen LogP contribution is 2.62. The summed E-state index contributed by atoms with van der Waals surface area (Å²) in [5, 5.41) is 3.81. The van der Waals surface area contributed by atoms with Gasteiger partial charge in [0, 0.05) is 48.7 Å². The van der Waals surface area contributed by atoms with Gasteiger partial charge >= 0.3 is 0 Å². The molecule has 1 aliphatic heterocycles. The Hall–Kier alpha value is -1.90. The summed E-state index contributed by atoms with van der Waals surface area (Å²) in [5.41, 5.74) is 7.68. The fraction of sp³-hybridized carbons (Fsp3) is 0.630. The molecule has 0 radical (unpaired) electrons. The number of nitrogens with one attached hydrogen (secondary N) is 1. The smallest absolute Gasteiger partial charge is 0.0346 e. The molecule has 5 rings (SSSR count). The number of rotatable bonds is 6. The third kappa shape index (κ3) is 3.65. The van der Waals surface area contributed by atoms with Gasteiger partial charge < -0.3 is 5.32 Å². The highest BCUT2D eigenvalue weighted by molar-refractivity contribution is 5.99. The second kappa shape index (κ2) is 7.98. The monoisotopic (exact) mass is 403 g/mol. The fourth-order valence-corrected chi connectivity index (χ4v) is 6.72. The Balaban J connectivity index is 1.21. The number of aliphatic imine (C=N–C) groups is 2. The Kier molecular flexibility index (Phi) is 5.33. The van der Waals surface area contributed by atoms with Crippen molar-refractivity contribution in [2.75, 3.05) is 18.9 Å². The molecule has 1 aromatic carbocycles. The van der Waals surface area contributed by atoms with Gasteiger partial charge in [-0.05, 0) is 86.5 Å². The van der Waals surface area contributed by atoms with Gasteiger partial charge in [-0.3, -0.25) is 9.98 Å². The van der Waals surface area contributed by atoms with Gasteiger partial charge in [0.15, 0.2) is 0 Å². The summed E-state index contributed by atoms with van der Waals surface area (Å²) in [6.07, 6.45) is 16.7. The zero-order chi connectivity index (χ0) is 20.6. The molecule has 0 amide bonds. The van der Waals surface area contributed by atoms with Crippen LogP contribution in [0.4, 0.5) is 5.69 Å². The lowest BCUT2D eigenvalue weighted by Gasteiger charge is -2.28. The molecule has 0 saturated heterocycles. The molecule has 4 aliphatic rings. The number of hydrogen-bond acceptors (Lipinski definition) is 3. The third-order valence-electron chi connectivity index (χ3n) is 8.82. The number of fused-ring (bicyclic) bond motifs is 2. The summed E-state index contributed by atoms with van der Waals surface area (Å²) in [4.78, 5) is 9.40. The molecule has 0 unspecified atom stereocenters. The van der Waals surface area contributed by atoms with Gasteiger partial charge in [-0.1, -0.05) is 31.4 Å². The van der Waals surface area contributed by atoms with E-state index in [1.807, 2.05) is 7.05 Å². The molecule has 2 bridgehead atoms. The summed E-state index contributed by atoms with van der Waals surface area (Å²) in [6, 6.07) is 9.04. The van der Waals surface area contributed by atoms with Crippen LogP contribution in [0.1, 0.15) is 83.1 Å². The van der Waals surface area contributed by atoms with Crippen molar-refractivity contribution in [1.29, 1.82) is 0 Å². The molecule has 3 heteroatoms. The van der Waals surface area contributed by atoms with Crippen LogP contribution in [-0.4, -0.2) is 25.0 Å². The van der Waals surface area contributed by atoms with E-state index >= 15 is 0 Å². The number of nitrogens with zero attached hydrogens (tertiary/aromatic N) is 2. The van der Waals surface area contributed by atoms with Gasteiger partial charge in [0.1, 0.15) is 0 Å². The normalized spacial score (nSPS) is 31.7. The van der Waals surface area contributed by atoms with Gasteiger partial charge in [-0.2, -0.15) is 0 Å². The highest BCUT2D eigenvalue weighted by atomic mass is 14.9. The maximum absolute atomic E-state index is 4.84. The van der Waals surface area contributed by atoms with Crippen molar-refractivity contribution < 1.29 is 0 Å². The molecular formula is C27H37N3. The molecule has 1 aromatic rings. The summed E-state index contributed by atoms with van der Waals surface area (Å²) < 4.78 is 0. The van der Waals surface area contributed by atoms with E-state index in [9.17, 15) is 0 Å². The average molecular weight is 404 g/mol. The van der Waals surface area contributed by atoms with Gasteiger partial charge in [0.25, 0.3) is 0 Å². The van der Waals surface area contributed by atoms with E-state index in [4.69, 9.17) is 4.99 Å². The SMILES string of the molecule is C/N=C(\C)C12CCC(CNc3cccc(C4=CN=C(C5CCCCC5)C4)c3)(CC1)C2. The Bertz CT molecular complexity index is 877. The first kappa shape index (κ1) is 20.0. The van der Waals surface area contributed by atoms with Crippen molar-refractivity contribution in [3.63, 3.8) is 0 Å². The minimum Gasteiger partial charge on any atom is -0.384 e. The van der Waals surface area contributed by atoms with E-state index in [-0.39, 0.29) is 0 Å². The topological polar surface area (TPSA) is 36.8 Å². The molecule has 3 nitrogen and oxygen atoms in total. The zero-order valence-corrected chi connectivity index (χ0v) is 18.8. The zero-order valence-electron chi connectivity index (χ0n) is 18.8. The van der Waals surface area contributed by atoms with Crippen LogP contribution >= 0.6 is 0 Å². The molecular weight excluding hydrogens is 366 g/mol. The van der Waals surface area contributed by atoms with Crippen LogP contribution in [0.2, 0.25) is 0 Å². The number of allylic oxidation sites excluding steroid dienone is 1. The van der Waals surface area contributed by atoms with Gasteiger partial charge in [0.2, 0.25) is 0 Å². The first-order valence-electron chi connectivity index (χ1n) is 12.2. The molecule has 3 fully saturated rings. The van der Waals surface area contributed by atoms with E-state index < -0.39 is 0 Å². The molecule has 0 aromatic heterocycles. The van der Waals surface area contributed by atoms with Crippen LogP contribution in [0.3, 0.4) is 0 Å².